The van der Waals surface area contributed by atoms with Gasteiger partial charge in [0.2, 0.25) is 0 Å². The summed E-state index contributed by atoms with van der Waals surface area (Å²) in [6, 6.07) is 0. The number of nitrogens with zero attached hydrogens (tertiary/aromatic N) is 2. The van der Waals surface area contributed by atoms with Gasteiger partial charge in [-0.25, -0.2) is 0 Å². The second-order valence-corrected chi connectivity index (χ2v) is 3.34. The first-order valence-electron chi connectivity index (χ1n) is 4.44. The molecule has 1 rings (SSSR count). The molecule has 1 heterocycles. The Balaban J connectivity index is 0.00000144. The SMILES string of the molecule is CN(C)C1COCCN1CCN.Cl. The maximum Gasteiger partial charge on any atom is 0.0860 e. The van der Waals surface area contributed by atoms with Crippen molar-refractivity contribution >= 4 is 12.4 Å². The van der Waals surface area contributed by atoms with Crippen LogP contribution in [0.2, 0.25) is 0 Å². The largest absolute Gasteiger partial charge is 0.377 e. The van der Waals surface area contributed by atoms with E-state index in [9.17, 15) is 0 Å². The monoisotopic (exact) mass is 209 g/mol. The first-order valence-corrected chi connectivity index (χ1v) is 4.44. The lowest BCUT2D eigenvalue weighted by Crippen LogP contribution is -2.53. The van der Waals surface area contributed by atoms with Crippen LogP contribution in [0.3, 0.4) is 0 Å². The molecule has 5 heteroatoms. The molecule has 1 aliphatic rings. The van der Waals surface area contributed by atoms with Crippen molar-refractivity contribution in [1.29, 1.82) is 0 Å². The zero-order chi connectivity index (χ0) is 8.97. The van der Waals surface area contributed by atoms with Gasteiger partial charge >= 0.3 is 0 Å². The quantitative estimate of drug-likeness (QED) is 0.686. The van der Waals surface area contributed by atoms with Crippen LogP contribution in [-0.4, -0.2) is 62.9 Å². The van der Waals surface area contributed by atoms with E-state index in [1.165, 1.54) is 0 Å². The second kappa shape index (κ2) is 6.56. The van der Waals surface area contributed by atoms with Crippen LogP contribution in [0, 0.1) is 0 Å². The number of morpholine rings is 1. The van der Waals surface area contributed by atoms with Gasteiger partial charge < -0.3 is 10.5 Å². The van der Waals surface area contributed by atoms with Crippen LogP contribution in [0.1, 0.15) is 0 Å². The third kappa shape index (κ3) is 3.79. The highest BCUT2D eigenvalue weighted by atomic mass is 35.5. The van der Waals surface area contributed by atoms with Crippen molar-refractivity contribution in [2.45, 2.75) is 6.17 Å². The average Bonchev–Trinajstić information content (AvgIpc) is 2.05. The van der Waals surface area contributed by atoms with Gasteiger partial charge in [0, 0.05) is 19.6 Å². The predicted octanol–water partition coefficient (Wildman–Crippen LogP) is -0.413. The standard InChI is InChI=1S/C8H19N3O.ClH/c1-10(2)8-7-12-6-5-11(8)4-3-9;/h8H,3-7,9H2,1-2H3;1H. The highest BCUT2D eigenvalue weighted by Crippen LogP contribution is 2.07. The highest BCUT2D eigenvalue weighted by molar-refractivity contribution is 5.85. The number of rotatable bonds is 3. The Morgan fingerprint density at radius 1 is 1.54 bits per heavy atom. The van der Waals surface area contributed by atoms with Gasteiger partial charge in [0.05, 0.1) is 19.4 Å². The van der Waals surface area contributed by atoms with Crippen LogP contribution in [0.4, 0.5) is 0 Å². The Hall–Kier alpha value is 0.130. The van der Waals surface area contributed by atoms with Gasteiger partial charge in [-0.3, -0.25) is 9.80 Å². The summed E-state index contributed by atoms with van der Waals surface area (Å²) in [6.45, 7) is 4.33. The molecule has 0 aromatic carbocycles. The molecule has 0 saturated carbocycles. The van der Waals surface area contributed by atoms with Crippen molar-refractivity contribution in [1.82, 2.24) is 9.80 Å². The molecule has 80 valence electrons. The zero-order valence-electron chi connectivity index (χ0n) is 8.40. The van der Waals surface area contributed by atoms with Crippen molar-refractivity contribution in [2.75, 3.05) is 46.9 Å². The summed E-state index contributed by atoms with van der Waals surface area (Å²) in [5.74, 6) is 0. The first kappa shape index (κ1) is 13.1. The van der Waals surface area contributed by atoms with Crippen LogP contribution < -0.4 is 5.73 Å². The molecule has 0 bridgehead atoms. The third-order valence-corrected chi connectivity index (χ3v) is 2.22. The molecule has 0 radical (unpaired) electrons. The lowest BCUT2D eigenvalue weighted by molar-refractivity contribution is -0.0587. The molecule has 0 spiro atoms. The van der Waals surface area contributed by atoms with Crippen LogP contribution in [0.5, 0.6) is 0 Å². The van der Waals surface area contributed by atoms with Gasteiger partial charge in [0.15, 0.2) is 0 Å². The van der Waals surface area contributed by atoms with Crippen LogP contribution >= 0.6 is 12.4 Å². The Morgan fingerprint density at radius 3 is 2.77 bits per heavy atom. The number of hydrogen-bond acceptors (Lipinski definition) is 4. The minimum Gasteiger partial charge on any atom is -0.377 e. The minimum atomic E-state index is 0. The number of ether oxygens (including phenoxy) is 1. The normalized spacial score (nSPS) is 24.5. The fraction of sp³-hybridized carbons (Fsp3) is 1.00. The van der Waals surface area contributed by atoms with E-state index in [-0.39, 0.29) is 12.4 Å². The van der Waals surface area contributed by atoms with E-state index in [4.69, 9.17) is 10.5 Å². The van der Waals surface area contributed by atoms with Gasteiger partial charge in [-0.15, -0.1) is 12.4 Å². The number of halogens is 1. The topological polar surface area (TPSA) is 41.7 Å². The summed E-state index contributed by atoms with van der Waals surface area (Å²) >= 11 is 0. The molecule has 4 nitrogen and oxygen atoms in total. The van der Waals surface area contributed by atoms with E-state index in [1.54, 1.807) is 0 Å². The van der Waals surface area contributed by atoms with Crippen molar-refractivity contribution in [3.63, 3.8) is 0 Å². The lowest BCUT2D eigenvalue weighted by Gasteiger charge is -2.38. The Bertz CT molecular complexity index is 133. The summed E-state index contributed by atoms with van der Waals surface area (Å²) in [7, 11) is 4.14. The summed E-state index contributed by atoms with van der Waals surface area (Å²) in [5, 5.41) is 0. The fourth-order valence-electron chi connectivity index (χ4n) is 1.53. The van der Waals surface area contributed by atoms with E-state index in [0.29, 0.717) is 6.17 Å². The number of nitrogens with two attached hydrogens (primary N) is 1. The van der Waals surface area contributed by atoms with Crippen molar-refractivity contribution in [2.24, 2.45) is 5.73 Å². The van der Waals surface area contributed by atoms with Gasteiger partial charge in [0.1, 0.15) is 0 Å². The summed E-state index contributed by atoms with van der Waals surface area (Å²) < 4.78 is 5.40. The van der Waals surface area contributed by atoms with Crippen molar-refractivity contribution in [3.8, 4) is 0 Å². The maximum atomic E-state index is 5.52. The van der Waals surface area contributed by atoms with Crippen LogP contribution in [-0.2, 0) is 4.74 Å². The van der Waals surface area contributed by atoms with E-state index >= 15 is 0 Å². The van der Waals surface area contributed by atoms with Crippen molar-refractivity contribution < 1.29 is 4.74 Å². The lowest BCUT2D eigenvalue weighted by atomic mass is 10.3. The molecule has 1 saturated heterocycles. The smallest absolute Gasteiger partial charge is 0.0860 e. The number of likely N-dealkylation sites (N-methyl/N-ethyl adjacent to an activating group) is 1. The zero-order valence-corrected chi connectivity index (χ0v) is 9.22. The Labute approximate surface area is 86.4 Å². The molecule has 0 aliphatic carbocycles. The molecule has 2 N–H and O–H groups in total. The second-order valence-electron chi connectivity index (χ2n) is 3.34. The minimum absolute atomic E-state index is 0. The summed E-state index contributed by atoms with van der Waals surface area (Å²) in [6.07, 6.45) is 0.405. The van der Waals surface area contributed by atoms with E-state index in [2.05, 4.69) is 23.9 Å². The molecule has 1 unspecified atom stereocenters. The Kier molecular flexibility index (Phi) is 6.63. The van der Waals surface area contributed by atoms with E-state index in [1.807, 2.05) is 0 Å². The van der Waals surface area contributed by atoms with E-state index < -0.39 is 0 Å². The van der Waals surface area contributed by atoms with Gasteiger partial charge in [-0.05, 0) is 14.1 Å². The highest BCUT2D eigenvalue weighted by Gasteiger charge is 2.23. The Morgan fingerprint density at radius 2 is 2.23 bits per heavy atom. The van der Waals surface area contributed by atoms with E-state index in [0.717, 1.165) is 32.8 Å². The molecule has 1 fully saturated rings. The summed E-state index contributed by atoms with van der Waals surface area (Å²) in [5.41, 5.74) is 5.52. The van der Waals surface area contributed by atoms with Gasteiger partial charge in [0.25, 0.3) is 0 Å². The molecular formula is C8H20ClN3O. The summed E-state index contributed by atoms with van der Waals surface area (Å²) in [4.78, 5) is 4.54. The molecule has 0 aromatic heterocycles. The molecular weight excluding hydrogens is 190 g/mol. The third-order valence-electron chi connectivity index (χ3n) is 2.22. The first-order chi connectivity index (χ1) is 5.75. The molecule has 13 heavy (non-hydrogen) atoms. The van der Waals surface area contributed by atoms with Crippen LogP contribution in [0.15, 0.2) is 0 Å². The van der Waals surface area contributed by atoms with Crippen molar-refractivity contribution in [3.05, 3.63) is 0 Å². The molecule has 1 aliphatic heterocycles. The molecule has 1 atom stereocenters. The predicted molar refractivity (Wildman–Crippen MR) is 56.2 cm³/mol. The maximum absolute atomic E-state index is 5.52. The number of hydrogen-bond donors (Lipinski definition) is 1. The molecule has 0 aromatic rings. The van der Waals surface area contributed by atoms with Gasteiger partial charge in [-0.2, -0.15) is 0 Å². The fourth-order valence-corrected chi connectivity index (χ4v) is 1.53. The average molecular weight is 210 g/mol. The molecule has 0 amide bonds. The van der Waals surface area contributed by atoms with Gasteiger partial charge in [-0.1, -0.05) is 0 Å². The van der Waals surface area contributed by atoms with Crippen LogP contribution in [0.25, 0.3) is 0 Å².